The third-order valence-electron chi connectivity index (χ3n) is 3.01. The first-order valence-corrected chi connectivity index (χ1v) is 6.82. The molecule has 1 heterocycles. The molecule has 0 amide bonds. The summed E-state index contributed by atoms with van der Waals surface area (Å²) in [6.45, 7) is 1.88. The van der Waals surface area contributed by atoms with Crippen LogP contribution >= 0.6 is 0 Å². The van der Waals surface area contributed by atoms with Gasteiger partial charge in [0.1, 0.15) is 5.70 Å². The molecular formula is C16H17N3O4. The zero-order valence-corrected chi connectivity index (χ0v) is 13.1. The summed E-state index contributed by atoms with van der Waals surface area (Å²) in [6.07, 6.45) is 2.84. The number of methoxy groups -OCH3 is 2. The van der Waals surface area contributed by atoms with Crippen molar-refractivity contribution in [3.8, 4) is 5.69 Å². The highest BCUT2D eigenvalue weighted by molar-refractivity contribution is 5.99. The molecular weight excluding hydrogens is 298 g/mol. The minimum Gasteiger partial charge on any atom is -0.466 e. The molecule has 2 rings (SSSR count). The zero-order valence-electron chi connectivity index (χ0n) is 13.1. The molecule has 0 aliphatic carbocycles. The van der Waals surface area contributed by atoms with E-state index in [1.165, 1.54) is 14.2 Å². The fourth-order valence-electron chi connectivity index (χ4n) is 1.91. The highest BCUT2D eigenvalue weighted by atomic mass is 16.5. The smallest absolute Gasteiger partial charge is 0.354 e. The van der Waals surface area contributed by atoms with Gasteiger partial charge in [0.05, 0.1) is 37.4 Å². The van der Waals surface area contributed by atoms with Gasteiger partial charge in [0.15, 0.2) is 0 Å². The third-order valence-corrected chi connectivity index (χ3v) is 3.01. The quantitative estimate of drug-likeness (QED) is 0.669. The molecule has 120 valence electrons. The molecule has 0 fully saturated rings. The van der Waals surface area contributed by atoms with E-state index < -0.39 is 11.9 Å². The fourth-order valence-corrected chi connectivity index (χ4v) is 1.91. The number of hydrogen-bond donors (Lipinski definition) is 1. The largest absolute Gasteiger partial charge is 0.466 e. The molecule has 2 aromatic rings. The highest BCUT2D eigenvalue weighted by Crippen LogP contribution is 2.21. The summed E-state index contributed by atoms with van der Waals surface area (Å²) in [7, 11) is 2.46. The second-order valence-electron chi connectivity index (χ2n) is 4.62. The maximum Gasteiger partial charge on any atom is 0.354 e. The Bertz CT molecular complexity index is 749. The molecule has 0 saturated heterocycles. The van der Waals surface area contributed by atoms with Gasteiger partial charge < -0.3 is 14.8 Å². The van der Waals surface area contributed by atoms with Crippen LogP contribution in [-0.4, -0.2) is 35.9 Å². The first kappa shape index (κ1) is 16.3. The lowest BCUT2D eigenvalue weighted by Gasteiger charge is -2.13. The number of anilines is 1. The van der Waals surface area contributed by atoms with Crippen molar-refractivity contribution < 1.29 is 19.1 Å². The van der Waals surface area contributed by atoms with E-state index in [1.807, 2.05) is 25.1 Å². The fraction of sp³-hybridized carbons (Fsp3) is 0.188. The molecule has 1 aromatic carbocycles. The van der Waals surface area contributed by atoms with Gasteiger partial charge in [-0.25, -0.2) is 14.3 Å². The summed E-state index contributed by atoms with van der Waals surface area (Å²) in [5.41, 5.74) is 2.14. The van der Waals surface area contributed by atoms with Gasteiger partial charge in [0.25, 0.3) is 0 Å². The average molecular weight is 315 g/mol. The number of carbonyl (C=O) groups is 2. The van der Waals surface area contributed by atoms with E-state index in [9.17, 15) is 9.59 Å². The van der Waals surface area contributed by atoms with E-state index in [4.69, 9.17) is 0 Å². The van der Waals surface area contributed by atoms with Gasteiger partial charge in [0, 0.05) is 6.20 Å². The summed E-state index contributed by atoms with van der Waals surface area (Å²) in [6, 6.07) is 9.11. The van der Waals surface area contributed by atoms with Crippen molar-refractivity contribution in [3.63, 3.8) is 0 Å². The predicted molar refractivity (Wildman–Crippen MR) is 84.0 cm³/mol. The molecule has 23 heavy (non-hydrogen) atoms. The molecule has 7 nitrogen and oxygen atoms in total. The Morgan fingerprint density at radius 3 is 2.52 bits per heavy atom. The maximum atomic E-state index is 11.8. The van der Waals surface area contributed by atoms with Crippen molar-refractivity contribution in [1.29, 1.82) is 0 Å². The second kappa shape index (κ2) is 7.26. The van der Waals surface area contributed by atoms with Gasteiger partial charge in [-0.05, 0) is 25.1 Å². The number of aryl methyl sites for hydroxylation is 1. The third kappa shape index (κ3) is 3.97. The molecule has 0 aliphatic heterocycles. The van der Waals surface area contributed by atoms with Crippen LogP contribution in [0.2, 0.25) is 0 Å². The van der Waals surface area contributed by atoms with Crippen LogP contribution in [0.3, 0.4) is 0 Å². The number of ether oxygens (including phenoxy) is 2. The number of para-hydroxylation sites is 2. The lowest BCUT2D eigenvalue weighted by Crippen LogP contribution is -2.16. The standard InChI is InChI=1S/C16H17N3O4/c1-11-8-9-19(18-11)14-7-5-4-6-12(14)17-13(16(21)23-3)10-15(20)22-2/h4-10,17H,1-3H3/b13-10+. The van der Waals surface area contributed by atoms with Crippen LogP contribution in [0.4, 0.5) is 5.69 Å². The summed E-state index contributed by atoms with van der Waals surface area (Å²) in [5.74, 6) is -1.34. The Labute approximate surface area is 133 Å². The van der Waals surface area contributed by atoms with Crippen LogP contribution in [0.5, 0.6) is 0 Å². The Morgan fingerprint density at radius 1 is 1.17 bits per heavy atom. The van der Waals surface area contributed by atoms with Crippen molar-refractivity contribution in [2.24, 2.45) is 0 Å². The van der Waals surface area contributed by atoms with Crippen molar-refractivity contribution in [3.05, 3.63) is 54.0 Å². The lowest BCUT2D eigenvalue weighted by atomic mass is 10.2. The predicted octanol–water partition coefficient (Wildman–Crippen LogP) is 1.82. The van der Waals surface area contributed by atoms with Gasteiger partial charge in [-0.3, -0.25) is 0 Å². The summed E-state index contributed by atoms with van der Waals surface area (Å²) >= 11 is 0. The lowest BCUT2D eigenvalue weighted by molar-refractivity contribution is -0.138. The zero-order chi connectivity index (χ0) is 16.8. The summed E-state index contributed by atoms with van der Waals surface area (Å²) in [5, 5.41) is 7.24. The monoisotopic (exact) mass is 315 g/mol. The highest BCUT2D eigenvalue weighted by Gasteiger charge is 2.15. The van der Waals surface area contributed by atoms with Crippen LogP contribution in [0.25, 0.3) is 5.69 Å². The van der Waals surface area contributed by atoms with E-state index in [2.05, 4.69) is 19.9 Å². The number of carbonyl (C=O) groups excluding carboxylic acids is 2. The molecule has 0 atom stereocenters. The first-order chi connectivity index (χ1) is 11.0. The molecule has 0 radical (unpaired) electrons. The molecule has 0 spiro atoms. The Morgan fingerprint density at radius 2 is 1.91 bits per heavy atom. The van der Waals surface area contributed by atoms with E-state index in [0.29, 0.717) is 5.69 Å². The average Bonchev–Trinajstić information content (AvgIpc) is 3.00. The topological polar surface area (TPSA) is 82.5 Å². The number of esters is 2. The maximum absolute atomic E-state index is 11.8. The number of aromatic nitrogens is 2. The summed E-state index contributed by atoms with van der Waals surface area (Å²) < 4.78 is 10.9. The molecule has 0 bridgehead atoms. The number of benzene rings is 1. The van der Waals surface area contributed by atoms with Crippen LogP contribution in [0.1, 0.15) is 5.69 Å². The molecule has 0 saturated carbocycles. The van der Waals surface area contributed by atoms with E-state index in [-0.39, 0.29) is 5.70 Å². The minimum atomic E-state index is -0.679. The van der Waals surface area contributed by atoms with Gasteiger partial charge in [-0.1, -0.05) is 12.1 Å². The van der Waals surface area contributed by atoms with E-state index in [1.54, 1.807) is 23.0 Å². The molecule has 1 N–H and O–H groups in total. The van der Waals surface area contributed by atoms with Crippen LogP contribution in [0, 0.1) is 6.92 Å². The number of nitrogens with zero attached hydrogens (tertiary/aromatic N) is 2. The summed E-state index contributed by atoms with van der Waals surface area (Å²) in [4.78, 5) is 23.3. The van der Waals surface area contributed by atoms with Crippen molar-refractivity contribution in [1.82, 2.24) is 9.78 Å². The molecule has 1 aromatic heterocycles. The van der Waals surface area contributed by atoms with Crippen LogP contribution < -0.4 is 5.32 Å². The van der Waals surface area contributed by atoms with E-state index >= 15 is 0 Å². The first-order valence-electron chi connectivity index (χ1n) is 6.82. The number of nitrogens with one attached hydrogen (secondary N) is 1. The normalized spacial score (nSPS) is 11.0. The van der Waals surface area contributed by atoms with Gasteiger partial charge in [-0.15, -0.1) is 0 Å². The Kier molecular flexibility index (Phi) is 5.14. The molecule has 7 heteroatoms. The van der Waals surface area contributed by atoms with Crippen molar-refractivity contribution in [2.75, 3.05) is 19.5 Å². The molecule has 0 unspecified atom stereocenters. The van der Waals surface area contributed by atoms with Crippen LogP contribution in [-0.2, 0) is 19.1 Å². The minimum absolute atomic E-state index is 0.0318. The molecule has 0 aliphatic rings. The Balaban J connectivity index is 2.39. The second-order valence-corrected chi connectivity index (χ2v) is 4.62. The van der Waals surface area contributed by atoms with Crippen molar-refractivity contribution >= 4 is 17.6 Å². The SMILES string of the molecule is COC(=O)/C=C(/Nc1ccccc1-n1ccc(C)n1)C(=O)OC. The van der Waals surface area contributed by atoms with Crippen molar-refractivity contribution in [2.45, 2.75) is 6.92 Å². The van der Waals surface area contributed by atoms with Gasteiger partial charge in [0.2, 0.25) is 0 Å². The van der Waals surface area contributed by atoms with Crippen LogP contribution in [0.15, 0.2) is 48.3 Å². The van der Waals surface area contributed by atoms with E-state index in [0.717, 1.165) is 17.5 Å². The number of hydrogen-bond acceptors (Lipinski definition) is 6. The van der Waals surface area contributed by atoms with Gasteiger partial charge >= 0.3 is 11.9 Å². The van der Waals surface area contributed by atoms with Gasteiger partial charge in [-0.2, -0.15) is 5.10 Å². The Hall–Kier alpha value is -3.09. The number of rotatable bonds is 5.